The number of benzene rings is 1. The predicted octanol–water partition coefficient (Wildman–Crippen LogP) is 4.01. The molecule has 0 fully saturated rings. The van der Waals surface area contributed by atoms with E-state index < -0.39 is 11.9 Å². The Morgan fingerprint density at radius 2 is 1.90 bits per heavy atom. The molecule has 0 spiro atoms. The molecule has 0 saturated heterocycles. The maximum atomic E-state index is 13.1. The number of fused-ring (bicyclic) bond motifs is 1. The third kappa shape index (κ3) is 2.48. The molecule has 1 heterocycles. The number of anilines is 1. The molecule has 1 aliphatic carbocycles. The molecule has 0 bridgehead atoms. The average Bonchev–Trinajstić information content (AvgIpc) is 2.78. The zero-order valence-electron chi connectivity index (χ0n) is 11.0. The van der Waals surface area contributed by atoms with Gasteiger partial charge in [0.2, 0.25) is 0 Å². The van der Waals surface area contributed by atoms with Gasteiger partial charge in [0.15, 0.2) is 5.69 Å². The van der Waals surface area contributed by atoms with E-state index in [4.69, 9.17) is 17.3 Å². The molecule has 1 aliphatic rings. The zero-order valence-corrected chi connectivity index (χ0v) is 11.8. The molecule has 0 atom stereocenters. The summed E-state index contributed by atoms with van der Waals surface area (Å²) in [6.45, 7) is 0. The van der Waals surface area contributed by atoms with Gasteiger partial charge in [0.1, 0.15) is 0 Å². The van der Waals surface area contributed by atoms with Crippen molar-refractivity contribution in [3.63, 3.8) is 0 Å². The van der Waals surface area contributed by atoms with Crippen molar-refractivity contribution in [2.75, 3.05) is 5.73 Å². The molecule has 0 aliphatic heterocycles. The van der Waals surface area contributed by atoms with Crippen molar-refractivity contribution in [1.29, 1.82) is 0 Å². The number of rotatable bonds is 1. The molecule has 3 rings (SSSR count). The van der Waals surface area contributed by atoms with Gasteiger partial charge in [0, 0.05) is 16.3 Å². The Morgan fingerprint density at radius 3 is 2.57 bits per heavy atom. The molecule has 0 saturated carbocycles. The van der Waals surface area contributed by atoms with Crippen LogP contribution in [-0.2, 0) is 19.0 Å². The van der Waals surface area contributed by atoms with Crippen LogP contribution >= 0.6 is 11.6 Å². The van der Waals surface area contributed by atoms with Crippen LogP contribution in [0.4, 0.5) is 18.9 Å². The van der Waals surface area contributed by atoms with E-state index in [0.29, 0.717) is 40.5 Å². The summed E-state index contributed by atoms with van der Waals surface area (Å²) < 4.78 is 40.7. The molecule has 2 aromatic rings. The smallest absolute Gasteiger partial charge is 0.397 e. The summed E-state index contributed by atoms with van der Waals surface area (Å²) in [4.78, 5) is 0. The first kappa shape index (κ1) is 14.3. The number of alkyl halides is 3. The summed E-state index contributed by atoms with van der Waals surface area (Å²) >= 11 is 5.84. The van der Waals surface area contributed by atoms with Crippen LogP contribution in [-0.4, -0.2) is 9.78 Å². The van der Waals surface area contributed by atoms with Gasteiger partial charge in [-0.05, 0) is 43.9 Å². The van der Waals surface area contributed by atoms with Gasteiger partial charge >= 0.3 is 6.18 Å². The third-order valence-electron chi connectivity index (χ3n) is 3.67. The number of nitrogens with two attached hydrogens (primary N) is 1. The molecule has 1 aromatic heterocycles. The van der Waals surface area contributed by atoms with Crippen LogP contribution in [0.1, 0.15) is 29.8 Å². The molecular weight excluding hydrogens is 303 g/mol. The van der Waals surface area contributed by atoms with Crippen molar-refractivity contribution in [2.45, 2.75) is 31.9 Å². The maximum Gasteiger partial charge on any atom is 0.435 e. The van der Waals surface area contributed by atoms with Crippen LogP contribution in [0.3, 0.4) is 0 Å². The number of nitrogens with zero attached hydrogens (tertiary/aromatic N) is 2. The Bertz CT molecular complexity index is 692. The average molecular weight is 316 g/mol. The number of halogens is 4. The lowest BCUT2D eigenvalue weighted by molar-refractivity contribution is -0.142. The highest BCUT2D eigenvalue weighted by molar-refractivity contribution is 6.30. The monoisotopic (exact) mass is 315 g/mol. The van der Waals surface area contributed by atoms with Gasteiger partial charge in [-0.3, -0.25) is 0 Å². The van der Waals surface area contributed by atoms with E-state index in [1.165, 1.54) is 10.7 Å². The predicted molar refractivity (Wildman–Crippen MR) is 74.6 cm³/mol. The van der Waals surface area contributed by atoms with Crippen molar-refractivity contribution in [3.8, 4) is 5.69 Å². The molecular formula is C14H13ClF3N3. The fourth-order valence-electron chi connectivity index (χ4n) is 2.74. The van der Waals surface area contributed by atoms with Crippen molar-refractivity contribution in [1.82, 2.24) is 9.78 Å². The molecule has 0 amide bonds. The van der Waals surface area contributed by atoms with Gasteiger partial charge in [0.25, 0.3) is 0 Å². The van der Waals surface area contributed by atoms with Gasteiger partial charge in [-0.25, -0.2) is 4.68 Å². The summed E-state index contributed by atoms with van der Waals surface area (Å²) in [6, 6.07) is 4.71. The van der Waals surface area contributed by atoms with E-state index in [9.17, 15) is 13.2 Å². The summed E-state index contributed by atoms with van der Waals surface area (Å²) in [7, 11) is 0. The van der Waals surface area contributed by atoms with Gasteiger partial charge < -0.3 is 5.73 Å². The molecule has 2 N–H and O–H groups in total. The third-order valence-corrected chi connectivity index (χ3v) is 3.90. The Labute approximate surface area is 124 Å². The van der Waals surface area contributed by atoms with Crippen LogP contribution in [0.25, 0.3) is 5.69 Å². The van der Waals surface area contributed by atoms with Gasteiger partial charge in [-0.15, -0.1) is 0 Å². The van der Waals surface area contributed by atoms with Gasteiger partial charge in [0.05, 0.1) is 11.4 Å². The highest BCUT2D eigenvalue weighted by Crippen LogP contribution is 2.37. The fourth-order valence-corrected chi connectivity index (χ4v) is 2.92. The Balaban J connectivity index is 2.21. The molecule has 7 heteroatoms. The molecule has 0 unspecified atom stereocenters. The van der Waals surface area contributed by atoms with Gasteiger partial charge in [-0.2, -0.15) is 18.3 Å². The standard InChI is InChI=1S/C14H13ClF3N3/c15-8-5-6-12(10(19)7-8)21-11-4-2-1-3-9(11)13(20-21)14(16,17)18/h5-7H,1-4,19H2. The van der Waals surface area contributed by atoms with Crippen molar-refractivity contribution >= 4 is 17.3 Å². The number of nitrogen functional groups attached to an aromatic ring is 1. The van der Waals surface area contributed by atoms with Crippen LogP contribution < -0.4 is 5.73 Å². The molecule has 3 nitrogen and oxygen atoms in total. The van der Waals surface area contributed by atoms with Crippen LogP contribution in [0.2, 0.25) is 5.02 Å². The lowest BCUT2D eigenvalue weighted by Crippen LogP contribution is -2.11. The quantitative estimate of drug-likeness (QED) is 0.808. The first-order chi connectivity index (χ1) is 9.88. The highest BCUT2D eigenvalue weighted by atomic mass is 35.5. The molecule has 21 heavy (non-hydrogen) atoms. The lowest BCUT2D eigenvalue weighted by atomic mass is 9.95. The Morgan fingerprint density at radius 1 is 1.19 bits per heavy atom. The first-order valence-corrected chi connectivity index (χ1v) is 6.99. The SMILES string of the molecule is Nc1cc(Cl)ccc1-n1nc(C(F)(F)F)c2c1CCCC2. The molecule has 112 valence electrons. The minimum Gasteiger partial charge on any atom is -0.397 e. The Hall–Kier alpha value is -1.69. The van der Waals surface area contributed by atoms with E-state index in [2.05, 4.69) is 5.10 Å². The zero-order chi connectivity index (χ0) is 15.2. The summed E-state index contributed by atoms with van der Waals surface area (Å²) in [5.74, 6) is 0. The highest BCUT2D eigenvalue weighted by Gasteiger charge is 2.39. The van der Waals surface area contributed by atoms with E-state index in [-0.39, 0.29) is 0 Å². The normalized spacial score (nSPS) is 15.0. The summed E-state index contributed by atoms with van der Waals surface area (Å²) in [6.07, 6.45) is -1.88. The number of hydrogen-bond donors (Lipinski definition) is 1. The van der Waals surface area contributed by atoms with E-state index in [1.807, 2.05) is 0 Å². The summed E-state index contributed by atoms with van der Waals surface area (Å²) in [5.41, 5.74) is 6.72. The second-order valence-electron chi connectivity index (χ2n) is 5.09. The minimum absolute atomic E-state index is 0.295. The van der Waals surface area contributed by atoms with Crippen molar-refractivity contribution < 1.29 is 13.2 Å². The van der Waals surface area contributed by atoms with Crippen LogP contribution in [0.5, 0.6) is 0 Å². The van der Waals surface area contributed by atoms with Crippen LogP contribution in [0.15, 0.2) is 18.2 Å². The maximum absolute atomic E-state index is 13.1. The fraction of sp³-hybridized carbons (Fsp3) is 0.357. The second kappa shape index (κ2) is 4.94. The van der Waals surface area contributed by atoms with Crippen molar-refractivity contribution in [2.24, 2.45) is 0 Å². The minimum atomic E-state index is -4.45. The number of aromatic nitrogens is 2. The first-order valence-electron chi connectivity index (χ1n) is 6.61. The van der Waals surface area contributed by atoms with Crippen molar-refractivity contribution in [3.05, 3.63) is 40.2 Å². The molecule has 0 radical (unpaired) electrons. The largest absolute Gasteiger partial charge is 0.435 e. The van der Waals surface area contributed by atoms with E-state index in [0.717, 1.165) is 12.8 Å². The van der Waals surface area contributed by atoms with E-state index in [1.54, 1.807) is 12.1 Å². The topological polar surface area (TPSA) is 43.8 Å². The Kier molecular flexibility index (Phi) is 3.36. The lowest BCUT2D eigenvalue weighted by Gasteiger charge is -2.15. The molecule has 1 aromatic carbocycles. The van der Waals surface area contributed by atoms with E-state index >= 15 is 0 Å². The van der Waals surface area contributed by atoms with Crippen LogP contribution in [0, 0.1) is 0 Å². The van der Waals surface area contributed by atoms with Gasteiger partial charge in [-0.1, -0.05) is 11.6 Å². The summed E-state index contributed by atoms with van der Waals surface area (Å²) in [5, 5.41) is 4.23. The number of hydrogen-bond acceptors (Lipinski definition) is 2. The second-order valence-corrected chi connectivity index (χ2v) is 5.53.